The number of ether oxygens (including phenoxy) is 1. The van der Waals surface area contributed by atoms with Gasteiger partial charge in [0, 0.05) is 13.1 Å². The molecule has 1 N–H and O–H groups in total. The van der Waals surface area contributed by atoms with E-state index in [0.717, 1.165) is 25.4 Å². The lowest BCUT2D eigenvalue weighted by molar-refractivity contribution is -0.149. The van der Waals surface area contributed by atoms with Gasteiger partial charge in [-0.3, -0.25) is 4.79 Å². The van der Waals surface area contributed by atoms with Gasteiger partial charge in [0.2, 0.25) is 0 Å². The Labute approximate surface area is 85.2 Å². The molecular formula is C11H19NO2. The maximum atomic E-state index is 11.7. The van der Waals surface area contributed by atoms with Gasteiger partial charge in [0.25, 0.3) is 0 Å². The fourth-order valence-corrected chi connectivity index (χ4v) is 2.98. The number of esters is 1. The van der Waals surface area contributed by atoms with Gasteiger partial charge < -0.3 is 10.1 Å². The fourth-order valence-electron chi connectivity index (χ4n) is 2.98. The molecule has 14 heavy (non-hydrogen) atoms. The third kappa shape index (κ3) is 1.34. The normalized spacial score (nSPS) is 37.1. The van der Waals surface area contributed by atoms with Crippen molar-refractivity contribution in [3.63, 3.8) is 0 Å². The van der Waals surface area contributed by atoms with Crippen LogP contribution in [0.3, 0.4) is 0 Å². The van der Waals surface area contributed by atoms with E-state index in [1.54, 1.807) is 0 Å². The standard InChI is InChI=1S/C11H19NO2/c1-3-11(8-4-5-8)7-12-6-9(11)10(13)14-2/h8-9,12H,3-7H2,1-2H3. The molecule has 80 valence electrons. The van der Waals surface area contributed by atoms with Crippen molar-refractivity contribution < 1.29 is 9.53 Å². The van der Waals surface area contributed by atoms with Crippen LogP contribution in [0.2, 0.25) is 0 Å². The van der Waals surface area contributed by atoms with E-state index in [9.17, 15) is 4.79 Å². The highest BCUT2D eigenvalue weighted by molar-refractivity contribution is 5.74. The van der Waals surface area contributed by atoms with Crippen molar-refractivity contribution in [2.24, 2.45) is 17.3 Å². The summed E-state index contributed by atoms with van der Waals surface area (Å²) >= 11 is 0. The minimum absolute atomic E-state index is 0.0243. The van der Waals surface area contributed by atoms with Gasteiger partial charge in [-0.25, -0.2) is 0 Å². The van der Waals surface area contributed by atoms with Crippen LogP contribution >= 0.6 is 0 Å². The molecule has 2 aliphatic rings. The summed E-state index contributed by atoms with van der Waals surface area (Å²) in [5.74, 6) is 0.820. The summed E-state index contributed by atoms with van der Waals surface area (Å²) < 4.78 is 4.89. The quantitative estimate of drug-likeness (QED) is 0.691. The predicted octanol–water partition coefficient (Wildman–Crippen LogP) is 1.19. The zero-order valence-electron chi connectivity index (χ0n) is 9.01. The van der Waals surface area contributed by atoms with Crippen LogP contribution in [-0.4, -0.2) is 26.2 Å². The van der Waals surface area contributed by atoms with Gasteiger partial charge in [-0.2, -0.15) is 0 Å². The van der Waals surface area contributed by atoms with Gasteiger partial charge in [0.15, 0.2) is 0 Å². The predicted molar refractivity (Wildman–Crippen MR) is 53.8 cm³/mol. The number of hydrogen-bond acceptors (Lipinski definition) is 3. The molecule has 1 saturated heterocycles. The summed E-state index contributed by atoms with van der Waals surface area (Å²) in [7, 11) is 1.49. The number of nitrogens with one attached hydrogen (secondary N) is 1. The van der Waals surface area contributed by atoms with Crippen molar-refractivity contribution in [1.29, 1.82) is 0 Å². The Morgan fingerprint density at radius 3 is 2.79 bits per heavy atom. The van der Waals surface area contributed by atoms with Crippen LogP contribution in [0.15, 0.2) is 0 Å². The van der Waals surface area contributed by atoms with Gasteiger partial charge in [-0.15, -0.1) is 0 Å². The number of carbonyl (C=O) groups excluding carboxylic acids is 1. The molecule has 0 aromatic carbocycles. The summed E-state index contributed by atoms with van der Waals surface area (Å²) in [6.07, 6.45) is 3.68. The molecule has 0 aromatic heterocycles. The maximum Gasteiger partial charge on any atom is 0.310 e. The number of rotatable bonds is 3. The second kappa shape index (κ2) is 3.54. The first-order valence-corrected chi connectivity index (χ1v) is 5.53. The average molecular weight is 197 g/mol. The molecule has 0 bridgehead atoms. The van der Waals surface area contributed by atoms with Crippen LogP contribution in [0.1, 0.15) is 26.2 Å². The molecule has 2 rings (SSSR count). The average Bonchev–Trinajstić information content (AvgIpc) is 2.98. The number of hydrogen-bond donors (Lipinski definition) is 1. The molecular weight excluding hydrogens is 178 g/mol. The van der Waals surface area contributed by atoms with Crippen molar-refractivity contribution in [1.82, 2.24) is 5.32 Å². The Morgan fingerprint density at radius 1 is 1.57 bits per heavy atom. The first-order valence-electron chi connectivity index (χ1n) is 5.53. The molecule has 2 fully saturated rings. The molecule has 0 amide bonds. The minimum Gasteiger partial charge on any atom is -0.469 e. The van der Waals surface area contributed by atoms with Crippen LogP contribution in [-0.2, 0) is 9.53 Å². The van der Waals surface area contributed by atoms with Crippen LogP contribution in [0.25, 0.3) is 0 Å². The molecule has 1 aliphatic carbocycles. The molecule has 3 nitrogen and oxygen atoms in total. The Hall–Kier alpha value is -0.570. The lowest BCUT2D eigenvalue weighted by Gasteiger charge is -2.32. The van der Waals surface area contributed by atoms with Crippen LogP contribution in [0, 0.1) is 17.3 Å². The second-order valence-electron chi connectivity index (χ2n) is 4.57. The van der Waals surface area contributed by atoms with E-state index >= 15 is 0 Å². The number of methoxy groups -OCH3 is 1. The van der Waals surface area contributed by atoms with Gasteiger partial charge in [-0.1, -0.05) is 6.92 Å². The first-order chi connectivity index (χ1) is 6.74. The minimum atomic E-state index is -0.0243. The third-order valence-electron chi connectivity index (χ3n) is 4.03. The molecule has 1 aliphatic heterocycles. The summed E-state index contributed by atoms with van der Waals surface area (Å²) in [5, 5.41) is 3.35. The molecule has 3 heteroatoms. The Morgan fingerprint density at radius 2 is 2.29 bits per heavy atom. The van der Waals surface area contributed by atoms with Gasteiger partial charge in [-0.05, 0) is 30.6 Å². The fraction of sp³-hybridized carbons (Fsp3) is 0.909. The molecule has 0 radical (unpaired) electrons. The molecule has 1 saturated carbocycles. The van der Waals surface area contributed by atoms with Crippen molar-refractivity contribution in [2.75, 3.05) is 20.2 Å². The van der Waals surface area contributed by atoms with E-state index in [1.165, 1.54) is 20.0 Å². The van der Waals surface area contributed by atoms with E-state index in [0.29, 0.717) is 0 Å². The second-order valence-corrected chi connectivity index (χ2v) is 4.57. The highest BCUT2D eigenvalue weighted by Crippen LogP contribution is 2.53. The van der Waals surface area contributed by atoms with Crippen molar-refractivity contribution in [2.45, 2.75) is 26.2 Å². The van der Waals surface area contributed by atoms with Crippen LogP contribution in [0.5, 0.6) is 0 Å². The summed E-state index contributed by atoms with van der Waals surface area (Å²) in [4.78, 5) is 11.7. The van der Waals surface area contributed by atoms with Crippen LogP contribution < -0.4 is 5.32 Å². The maximum absolute atomic E-state index is 11.7. The monoisotopic (exact) mass is 197 g/mol. The Bertz CT molecular complexity index is 237. The zero-order chi connectivity index (χ0) is 10.2. The smallest absolute Gasteiger partial charge is 0.310 e. The van der Waals surface area contributed by atoms with Crippen molar-refractivity contribution in [3.05, 3.63) is 0 Å². The lowest BCUT2D eigenvalue weighted by atomic mass is 9.72. The Balaban J connectivity index is 2.17. The highest BCUT2D eigenvalue weighted by Gasteiger charge is 2.54. The van der Waals surface area contributed by atoms with E-state index in [1.807, 2.05) is 0 Å². The Kier molecular flexibility index (Phi) is 2.52. The van der Waals surface area contributed by atoms with E-state index in [4.69, 9.17) is 4.74 Å². The molecule has 0 spiro atoms. The van der Waals surface area contributed by atoms with E-state index < -0.39 is 0 Å². The molecule has 1 heterocycles. The first kappa shape index (κ1) is 9.97. The van der Waals surface area contributed by atoms with Gasteiger partial charge >= 0.3 is 5.97 Å². The van der Waals surface area contributed by atoms with Crippen molar-refractivity contribution >= 4 is 5.97 Å². The van der Waals surface area contributed by atoms with Crippen LogP contribution in [0.4, 0.5) is 0 Å². The SMILES string of the molecule is CCC1(C2CC2)CNCC1C(=O)OC. The molecule has 2 atom stereocenters. The number of carbonyl (C=O) groups is 1. The van der Waals surface area contributed by atoms with Gasteiger partial charge in [0.1, 0.15) is 0 Å². The molecule has 2 unspecified atom stereocenters. The largest absolute Gasteiger partial charge is 0.469 e. The highest BCUT2D eigenvalue weighted by atomic mass is 16.5. The van der Waals surface area contributed by atoms with E-state index in [-0.39, 0.29) is 17.3 Å². The topological polar surface area (TPSA) is 38.3 Å². The van der Waals surface area contributed by atoms with Crippen molar-refractivity contribution in [3.8, 4) is 0 Å². The zero-order valence-corrected chi connectivity index (χ0v) is 9.01. The summed E-state index contributed by atoms with van der Waals surface area (Å²) in [6, 6.07) is 0. The summed E-state index contributed by atoms with van der Waals surface area (Å²) in [5.41, 5.74) is 0.201. The van der Waals surface area contributed by atoms with Gasteiger partial charge in [0.05, 0.1) is 13.0 Å². The molecule has 0 aromatic rings. The summed E-state index contributed by atoms with van der Waals surface area (Å²) in [6.45, 7) is 3.99. The lowest BCUT2D eigenvalue weighted by Crippen LogP contribution is -2.37. The van der Waals surface area contributed by atoms with E-state index in [2.05, 4.69) is 12.2 Å². The third-order valence-corrected chi connectivity index (χ3v) is 4.03.